The summed E-state index contributed by atoms with van der Waals surface area (Å²) in [5.41, 5.74) is 1.37. The van der Waals surface area contributed by atoms with E-state index in [2.05, 4.69) is 5.32 Å². The summed E-state index contributed by atoms with van der Waals surface area (Å²) < 4.78 is 11.3. The van der Waals surface area contributed by atoms with E-state index >= 15 is 0 Å². The van der Waals surface area contributed by atoms with Gasteiger partial charge >= 0.3 is 0 Å². The number of rotatable bonds is 9. The molecule has 3 amide bonds. The Kier molecular flexibility index (Phi) is 7.70. The first-order chi connectivity index (χ1) is 18.6. The molecule has 0 radical (unpaired) electrons. The highest BCUT2D eigenvalue weighted by Gasteiger charge is 2.36. The maximum atomic E-state index is 12.9. The predicted molar refractivity (Wildman–Crippen MR) is 149 cm³/mol. The van der Waals surface area contributed by atoms with E-state index in [0.717, 1.165) is 38.7 Å². The van der Waals surface area contributed by atoms with Gasteiger partial charge in [-0.25, -0.2) is 0 Å². The summed E-state index contributed by atoms with van der Waals surface area (Å²) in [6.45, 7) is 0.435. The minimum Gasteiger partial charge on any atom is -0.490 e. The van der Waals surface area contributed by atoms with E-state index in [1.807, 2.05) is 66.7 Å². The fraction of sp³-hybridized carbons (Fsp3) is 0.100. The molecule has 0 unspecified atom stereocenters. The Morgan fingerprint density at radius 2 is 1.45 bits per heavy atom. The van der Waals surface area contributed by atoms with Crippen LogP contribution < -0.4 is 14.8 Å². The first-order valence-electron chi connectivity index (χ1n) is 12.0. The molecule has 1 aliphatic heterocycles. The lowest BCUT2D eigenvalue weighted by Gasteiger charge is -2.13. The lowest BCUT2D eigenvalue weighted by molar-refractivity contribution is -0.127. The fourth-order valence-corrected chi connectivity index (χ4v) is 4.79. The molecule has 0 atom stereocenters. The maximum Gasteiger partial charge on any atom is 0.294 e. The van der Waals surface area contributed by atoms with Crippen LogP contribution in [-0.4, -0.2) is 41.7 Å². The van der Waals surface area contributed by atoms with Crippen LogP contribution in [-0.2, 0) is 9.59 Å². The van der Waals surface area contributed by atoms with E-state index in [-0.39, 0.29) is 11.4 Å². The quantitative estimate of drug-likeness (QED) is 0.214. The van der Waals surface area contributed by atoms with Crippen molar-refractivity contribution in [2.45, 2.75) is 0 Å². The van der Waals surface area contributed by atoms with Crippen LogP contribution in [0.2, 0.25) is 0 Å². The Morgan fingerprint density at radius 3 is 2.21 bits per heavy atom. The molecule has 1 saturated heterocycles. The predicted octanol–water partition coefficient (Wildman–Crippen LogP) is 5.97. The Morgan fingerprint density at radius 1 is 0.789 bits per heavy atom. The van der Waals surface area contributed by atoms with Crippen molar-refractivity contribution < 1.29 is 23.9 Å². The van der Waals surface area contributed by atoms with Gasteiger partial charge in [0.1, 0.15) is 31.3 Å². The summed E-state index contributed by atoms with van der Waals surface area (Å²) in [6.07, 6.45) is 1.63. The number of hydrogen-bond donors (Lipinski definition) is 1. The summed E-state index contributed by atoms with van der Waals surface area (Å²) in [6, 6.07) is 29.9. The van der Waals surface area contributed by atoms with E-state index in [1.54, 1.807) is 36.4 Å². The van der Waals surface area contributed by atoms with Crippen LogP contribution in [0.5, 0.6) is 11.5 Å². The van der Waals surface area contributed by atoms with Crippen molar-refractivity contribution in [2.24, 2.45) is 0 Å². The number of nitrogens with zero attached hydrogens (tertiary/aromatic N) is 1. The Balaban J connectivity index is 1.15. The number of carbonyl (C=O) groups is 3. The molecule has 0 aliphatic carbocycles. The lowest BCUT2D eigenvalue weighted by atomic mass is 10.1. The molecule has 5 rings (SSSR count). The molecule has 38 heavy (non-hydrogen) atoms. The second kappa shape index (κ2) is 11.7. The Hall–Kier alpha value is -4.56. The molecule has 0 saturated carbocycles. The monoisotopic (exact) mass is 524 g/mol. The Bertz CT molecular complexity index is 1500. The van der Waals surface area contributed by atoms with Gasteiger partial charge in [-0.15, -0.1) is 0 Å². The zero-order chi connectivity index (χ0) is 26.3. The van der Waals surface area contributed by atoms with Gasteiger partial charge in [0.15, 0.2) is 0 Å². The number of thioether (sulfide) groups is 1. The standard InChI is InChI=1S/C30H24N2O5S/c33-28(31-26-12-6-8-22-7-4-5-11-25(22)26)20-32-29(34)27(38-30(32)35)19-21-13-15-24(16-14-21)37-18-17-36-23-9-2-1-3-10-23/h1-16,19H,17-18,20H2,(H,31,33)/b27-19+. The van der Waals surface area contributed by atoms with Crippen LogP contribution in [0.4, 0.5) is 10.5 Å². The zero-order valence-corrected chi connectivity index (χ0v) is 21.1. The van der Waals surface area contributed by atoms with Crippen LogP contribution in [0.3, 0.4) is 0 Å². The largest absolute Gasteiger partial charge is 0.490 e. The van der Waals surface area contributed by atoms with E-state index < -0.39 is 17.1 Å². The van der Waals surface area contributed by atoms with Crippen LogP contribution in [0.25, 0.3) is 16.8 Å². The second-order valence-electron chi connectivity index (χ2n) is 8.42. The van der Waals surface area contributed by atoms with Gasteiger partial charge in [0, 0.05) is 11.1 Å². The van der Waals surface area contributed by atoms with Crippen LogP contribution in [0, 0.1) is 0 Å². The van der Waals surface area contributed by atoms with Gasteiger partial charge in [-0.2, -0.15) is 0 Å². The highest BCUT2D eigenvalue weighted by molar-refractivity contribution is 8.18. The number of imide groups is 1. The van der Waals surface area contributed by atoms with Gasteiger partial charge in [-0.3, -0.25) is 19.3 Å². The number of benzene rings is 4. The van der Waals surface area contributed by atoms with Gasteiger partial charge in [0.2, 0.25) is 5.91 Å². The molecule has 4 aromatic rings. The summed E-state index contributed by atoms with van der Waals surface area (Å²) in [4.78, 5) is 39.3. The number of carbonyl (C=O) groups excluding carboxylic acids is 3. The molecule has 1 N–H and O–H groups in total. The third kappa shape index (κ3) is 6.04. The molecule has 7 nitrogen and oxygen atoms in total. The van der Waals surface area contributed by atoms with Gasteiger partial charge < -0.3 is 14.8 Å². The summed E-state index contributed by atoms with van der Waals surface area (Å²) >= 11 is 0.817. The third-order valence-electron chi connectivity index (χ3n) is 5.78. The summed E-state index contributed by atoms with van der Waals surface area (Å²) in [5.74, 6) is 0.512. The molecule has 0 aromatic heterocycles. The van der Waals surface area contributed by atoms with E-state index in [1.165, 1.54) is 0 Å². The third-order valence-corrected chi connectivity index (χ3v) is 6.69. The molecule has 4 aromatic carbocycles. The van der Waals surface area contributed by atoms with E-state index in [0.29, 0.717) is 24.7 Å². The highest BCUT2D eigenvalue weighted by Crippen LogP contribution is 2.32. The smallest absolute Gasteiger partial charge is 0.294 e. The first kappa shape index (κ1) is 25.1. The minimum absolute atomic E-state index is 0.262. The van der Waals surface area contributed by atoms with Crippen molar-refractivity contribution in [1.82, 2.24) is 4.90 Å². The van der Waals surface area contributed by atoms with Crippen molar-refractivity contribution in [2.75, 3.05) is 25.1 Å². The van der Waals surface area contributed by atoms with Gasteiger partial charge in [0.05, 0.1) is 4.91 Å². The summed E-state index contributed by atoms with van der Waals surface area (Å²) in [5, 5.41) is 4.20. The van der Waals surface area contributed by atoms with Crippen LogP contribution >= 0.6 is 11.8 Å². The topological polar surface area (TPSA) is 84.9 Å². The molecule has 8 heteroatoms. The van der Waals surface area contributed by atoms with Crippen molar-refractivity contribution in [3.63, 3.8) is 0 Å². The zero-order valence-electron chi connectivity index (χ0n) is 20.3. The van der Waals surface area contributed by atoms with Crippen molar-refractivity contribution >= 4 is 51.4 Å². The van der Waals surface area contributed by atoms with E-state index in [9.17, 15) is 14.4 Å². The minimum atomic E-state index is -0.494. The molecule has 1 aliphatic rings. The van der Waals surface area contributed by atoms with Gasteiger partial charge in [0.25, 0.3) is 11.1 Å². The number of amides is 3. The van der Waals surface area contributed by atoms with Crippen LogP contribution in [0.15, 0.2) is 102 Å². The number of ether oxygens (including phenoxy) is 2. The number of para-hydroxylation sites is 1. The Labute approximate surface area is 224 Å². The van der Waals surface area contributed by atoms with Crippen molar-refractivity contribution in [1.29, 1.82) is 0 Å². The van der Waals surface area contributed by atoms with Gasteiger partial charge in [-0.1, -0.05) is 66.7 Å². The molecule has 0 spiro atoms. The number of anilines is 1. The number of hydrogen-bond acceptors (Lipinski definition) is 6. The van der Waals surface area contributed by atoms with Crippen molar-refractivity contribution in [3.8, 4) is 11.5 Å². The maximum absolute atomic E-state index is 12.9. The average Bonchev–Trinajstić information content (AvgIpc) is 3.20. The molecular weight excluding hydrogens is 500 g/mol. The fourth-order valence-electron chi connectivity index (χ4n) is 3.95. The lowest BCUT2D eigenvalue weighted by Crippen LogP contribution is -2.36. The highest BCUT2D eigenvalue weighted by atomic mass is 32.2. The molecule has 1 fully saturated rings. The van der Waals surface area contributed by atoms with Crippen LogP contribution in [0.1, 0.15) is 5.56 Å². The first-order valence-corrected chi connectivity index (χ1v) is 12.8. The summed E-state index contributed by atoms with van der Waals surface area (Å²) in [7, 11) is 0. The molecular formula is C30H24N2O5S. The van der Waals surface area contributed by atoms with Crippen molar-refractivity contribution in [3.05, 3.63) is 108 Å². The normalized spacial score (nSPS) is 14.2. The SMILES string of the molecule is O=C(CN1C(=O)S/C(=C/c2ccc(OCCOc3ccccc3)cc2)C1=O)Nc1cccc2ccccc12. The molecule has 190 valence electrons. The van der Waals surface area contributed by atoms with Gasteiger partial charge in [-0.05, 0) is 59.1 Å². The average molecular weight is 525 g/mol. The van der Waals surface area contributed by atoms with E-state index in [4.69, 9.17) is 9.47 Å². The molecule has 0 bridgehead atoms. The second-order valence-corrected chi connectivity index (χ2v) is 9.41. The molecule has 1 heterocycles. The number of nitrogens with one attached hydrogen (secondary N) is 1. The number of fused-ring (bicyclic) bond motifs is 1.